The predicted molar refractivity (Wildman–Crippen MR) is 67.3 cm³/mol. The van der Waals surface area contributed by atoms with Crippen molar-refractivity contribution in [1.29, 1.82) is 0 Å². The third kappa shape index (κ3) is 3.93. The summed E-state index contributed by atoms with van der Waals surface area (Å²) in [6.45, 7) is 4.51. The average Bonchev–Trinajstić information content (AvgIpc) is 2.34. The van der Waals surface area contributed by atoms with Crippen molar-refractivity contribution in [3.8, 4) is 0 Å². The van der Waals surface area contributed by atoms with Crippen LogP contribution < -0.4 is 0 Å². The minimum absolute atomic E-state index is 0.0511. The number of pyridine rings is 1. The molecule has 0 aliphatic heterocycles. The van der Waals surface area contributed by atoms with Gasteiger partial charge in [-0.3, -0.25) is 4.98 Å². The fourth-order valence-electron chi connectivity index (χ4n) is 2.06. The summed E-state index contributed by atoms with van der Waals surface area (Å²) in [5.74, 6) is 0.507. The quantitative estimate of drug-likeness (QED) is 0.713. The molecule has 0 aliphatic rings. The highest BCUT2D eigenvalue weighted by atomic mass is 16.3. The number of hydrogen-bond donors (Lipinski definition) is 1. The minimum atomic E-state index is 0.0511. The Morgan fingerprint density at radius 2 is 2.12 bits per heavy atom. The zero-order valence-electron chi connectivity index (χ0n) is 10.4. The van der Waals surface area contributed by atoms with Gasteiger partial charge in [0.15, 0.2) is 0 Å². The lowest BCUT2D eigenvalue weighted by atomic mass is 9.94. The van der Waals surface area contributed by atoms with Crippen LogP contribution in [0.2, 0.25) is 0 Å². The monoisotopic (exact) mass is 221 g/mol. The van der Waals surface area contributed by atoms with Crippen LogP contribution in [0.25, 0.3) is 0 Å². The van der Waals surface area contributed by atoms with E-state index >= 15 is 0 Å². The highest BCUT2D eigenvalue weighted by Crippen LogP contribution is 2.24. The van der Waals surface area contributed by atoms with Gasteiger partial charge < -0.3 is 5.11 Å². The number of aliphatic hydroxyl groups is 1. The summed E-state index contributed by atoms with van der Waals surface area (Å²) in [7, 11) is 0. The van der Waals surface area contributed by atoms with Crippen molar-refractivity contribution in [2.24, 2.45) is 0 Å². The highest BCUT2D eigenvalue weighted by Gasteiger charge is 2.10. The second-order valence-electron chi connectivity index (χ2n) is 4.45. The number of nitrogens with zero attached hydrogens (tertiary/aromatic N) is 1. The Hall–Kier alpha value is -0.890. The lowest BCUT2D eigenvalue weighted by molar-refractivity contribution is 0.274. The van der Waals surface area contributed by atoms with Gasteiger partial charge in [-0.1, -0.05) is 45.6 Å². The number of aliphatic hydroxyl groups excluding tert-OH is 1. The van der Waals surface area contributed by atoms with E-state index in [-0.39, 0.29) is 6.61 Å². The SMILES string of the molecule is CCCCCCC(C)c1cccnc1CO. The summed E-state index contributed by atoms with van der Waals surface area (Å²) in [5.41, 5.74) is 2.05. The fourth-order valence-corrected chi connectivity index (χ4v) is 2.06. The summed E-state index contributed by atoms with van der Waals surface area (Å²) in [5, 5.41) is 9.21. The van der Waals surface area contributed by atoms with Gasteiger partial charge in [0.2, 0.25) is 0 Å². The molecule has 0 spiro atoms. The molecule has 1 N–H and O–H groups in total. The van der Waals surface area contributed by atoms with Crippen LogP contribution in [0.5, 0.6) is 0 Å². The highest BCUT2D eigenvalue weighted by molar-refractivity contribution is 5.22. The smallest absolute Gasteiger partial charge is 0.0855 e. The first-order valence-electron chi connectivity index (χ1n) is 6.34. The average molecular weight is 221 g/mol. The van der Waals surface area contributed by atoms with E-state index in [1.54, 1.807) is 6.20 Å². The Morgan fingerprint density at radius 1 is 1.31 bits per heavy atom. The first-order valence-corrected chi connectivity index (χ1v) is 6.34. The summed E-state index contributed by atoms with van der Waals surface area (Å²) < 4.78 is 0. The van der Waals surface area contributed by atoms with Crippen LogP contribution in [0, 0.1) is 0 Å². The van der Waals surface area contributed by atoms with Crippen molar-refractivity contribution in [3.05, 3.63) is 29.6 Å². The van der Waals surface area contributed by atoms with E-state index in [0.29, 0.717) is 5.92 Å². The number of rotatable bonds is 7. The molecule has 0 amide bonds. The summed E-state index contributed by atoms with van der Waals surface area (Å²) in [6, 6.07) is 4.04. The van der Waals surface area contributed by atoms with Crippen molar-refractivity contribution in [3.63, 3.8) is 0 Å². The molecule has 0 radical (unpaired) electrons. The summed E-state index contributed by atoms with van der Waals surface area (Å²) >= 11 is 0. The Balaban J connectivity index is 2.48. The summed E-state index contributed by atoms with van der Waals surface area (Å²) in [4.78, 5) is 4.21. The van der Waals surface area contributed by atoms with E-state index in [2.05, 4.69) is 24.9 Å². The van der Waals surface area contributed by atoms with Crippen molar-refractivity contribution >= 4 is 0 Å². The van der Waals surface area contributed by atoms with Crippen LogP contribution in [-0.2, 0) is 6.61 Å². The topological polar surface area (TPSA) is 33.1 Å². The molecule has 1 rings (SSSR count). The van der Waals surface area contributed by atoms with Crippen molar-refractivity contribution in [1.82, 2.24) is 4.98 Å². The van der Waals surface area contributed by atoms with E-state index in [1.807, 2.05) is 6.07 Å². The molecule has 0 bridgehead atoms. The van der Waals surface area contributed by atoms with E-state index in [0.717, 1.165) is 5.69 Å². The van der Waals surface area contributed by atoms with Gasteiger partial charge in [0, 0.05) is 6.20 Å². The number of unbranched alkanes of at least 4 members (excludes halogenated alkanes) is 3. The van der Waals surface area contributed by atoms with Crippen molar-refractivity contribution < 1.29 is 5.11 Å². The van der Waals surface area contributed by atoms with Gasteiger partial charge in [-0.25, -0.2) is 0 Å². The van der Waals surface area contributed by atoms with Gasteiger partial charge >= 0.3 is 0 Å². The predicted octanol–water partition coefficient (Wildman–Crippen LogP) is 3.65. The van der Waals surface area contributed by atoms with Gasteiger partial charge in [0.05, 0.1) is 12.3 Å². The van der Waals surface area contributed by atoms with Crippen LogP contribution >= 0.6 is 0 Å². The van der Waals surface area contributed by atoms with Gasteiger partial charge in [-0.2, -0.15) is 0 Å². The molecule has 0 saturated heterocycles. The maximum atomic E-state index is 9.21. The Bertz CT molecular complexity index is 299. The maximum absolute atomic E-state index is 9.21. The molecule has 1 unspecified atom stereocenters. The molecule has 16 heavy (non-hydrogen) atoms. The molecule has 90 valence electrons. The lowest BCUT2D eigenvalue weighted by Crippen LogP contribution is -2.01. The molecule has 0 saturated carbocycles. The minimum Gasteiger partial charge on any atom is -0.390 e. The maximum Gasteiger partial charge on any atom is 0.0855 e. The van der Waals surface area contributed by atoms with Crippen molar-refractivity contribution in [2.75, 3.05) is 0 Å². The molecule has 1 aromatic heterocycles. The molecule has 2 nitrogen and oxygen atoms in total. The fraction of sp³-hybridized carbons (Fsp3) is 0.643. The van der Waals surface area contributed by atoms with E-state index in [4.69, 9.17) is 0 Å². The van der Waals surface area contributed by atoms with Crippen molar-refractivity contribution in [2.45, 2.75) is 58.5 Å². The Labute approximate surface area is 98.7 Å². The summed E-state index contributed by atoms with van der Waals surface area (Å²) in [6.07, 6.45) is 8.14. The van der Waals surface area contributed by atoms with E-state index in [9.17, 15) is 5.11 Å². The second-order valence-corrected chi connectivity index (χ2v) is 4.45. The van der Waals surface area contributed by atoms with Crippen LogP contribution in [0.4, 0.5) is 0 Å². The molecule has 1 aromatic rings. The molecular weight excluding hydrogens is 198 g/mol. The zero-order valence-corrected chi connectivity index (χ0v) is 10.4. The van der Waals surface area contributed by atoms with E-state index in [1.165, 1.54) is 37.7 Å². The molecule has 0 aliphatic carbocycles. The molecular formula is C14H23NO. The standard InChI is InChI=1S/C14H23NO/c1-3-4-5-6-8-12(2)13-9-7-10-15-14(13)11-16/h7,9-10,12,16H,3-6,8,11H2,1-2H3. The van der Waals surface area contributed by atoms with Crippen LogP contribution in [-0.4, -0.2) is 10.1 Å². The molecule has 2 heteroatoms. The van der Waals surface area contributed by atoms with Crippen LogP contribution in [0.3, 0.4) is 0 Å². The molecule has 0 aromatic carbocycles. The van der Waals surface area contributed by atoms with Gasteiger partial charge in [-0.15, -0.1) is 0 Å². The Morgan fingerprint density at radius 3 is 2.81 bits per heavy atom. The zero-order chi connectivity index (χ0) is 11.8. The first-order chi connectivity index (χ1) is 7.79. The lowest BCUT2D eigenvalue weighted by Gasteiger charge is -2.14. The number of aromatic nitrogens is 1. The largest absolute Gasteiger partial charge is 0.390 e. The van der Waals surface area contributed by atoms with E-state index < -0.39 is 0 Å². The van der Waals surface area contributed by atoms with Crippen LogP contribution in [0.15, 0.2) is 18.3 Å². The first kappa shape index (κ1) is 13.2. The second kappa shape index (κ2) is 7.39. The molecule has 1 atom stereocenters. The van der Waals surface area contributed by atoms with Gasteiger partial charge in [0.25, 0.3) is 0 Å². The normalized spacial score (nSPS) is 12.7. The third-order valence-corrected chi connectivity index (χ3v) is 3.10. The van der Waals surface area contributed by atoms with Crippen LogP contribution in [0.1, 0.15) is 63.1 Å². The number of hydrogen-bond acceptors (Lipinski definition) is 2. The van der Waals surface area contributed by atoms with Gasteiger partial charge in [-0.05, 0) is 24.0 Å². The third-order valence-electron chi connectivity index (χ3n) is 3.10. The molecule has 0 fully saturated rings. The van der Waals surface area contributed by atoms with Gasteiger partial charge in [0.1, 0.15) is 0 Å². The Kier molecular flexibility index (Phi) is 6.09. The molecule has 1 heterocycles.